The molecule has 10 heteroatoms. The van der Waals surface area contributed by atoms with Gasteiger partial charge in [0.1, 0.15) is 11.7 Å². The van der Waals surface area contributed by atoms with Crippen molar-refractivity contribution < 1.29 is 19.1 Å². The molecule has 3 aromatic rings. The van der Waals surface area contributed by atoms with Gasteiger partial charge in [0.15, 0.2) is 0 Å². The Morgan fingerprint density at radius 1 is 1.11 bits per heavy atom. The highest BCUT2D eigenvalue weighted by molar-refractivity contribution is 6.04. The summed E-state index contributed by atoms with van der Waals surface area (Å²) in [4.78, 5) is 36.7. The number of rotatable bonds is 8. The van der Waals surface area contributed by atoms with Gasteiger partial charge in [-0.3, -0.25) is 15.5 Å². The van der Waals surface area contributed by atoms with Crippen LogP contribution in [0.2, 0.25) is 0 Å². The monoisotopic (exact) mass is 479 g/mol. The van der Waals surface area contributed by atoms with Gasteiger partial charge >= 0.3 is 17.8 Å². The SMILES string of the molecule is COC(=O)NC(=N)c1ccc(-n2nc(C)n(-c3ccccc3CCC(=O)OCC(C)C)c2=O)cc1. The summed E-state index contributed by atoms with van der Waals surface area (Å²) < 4.78 is 12.5. The number of benzene rings is 2. The summed E-state index contributed by atoms with van der Waals surface area (Å²) >= 11 is 0. The zero-order valence-corrected chi connectivity index (χ0v) is 20.2. The number of ether oxygens (including phenoxy) is 2. The van der Waals surface area contributed by atoms with E-state index >= 15 is 0 Å². The molecule has 3 rings (SSSR count). The second-order valence-electron chi connectivity index (χ2n) is 8.32. The number of carbonyl (C=O) groups excluding carboxylic acids is 2. The lowest BCUT2D eigenvalue weighted by atomic mass is 10.1. The number of hydrogen-bond donors (Lipinski definition) is 2. The first-order valence-corrected chi connectivity index (χ1v) is 11.2. The maximum atomic E-state index is 13.3. The summed E-state index contributed by atoms with van der Waals surface area (Å²) in [6, 6.07) is 13.9. The van der Waals surface area contributed by atoms with E-state index in [1.807, 2.05) is 38.1 Å². The van der Waals surface area contributed by atoms with Gasteiger partial charge in [-0.05, 0) is 55.2 Å². The number of hydrogen-bond acceptors (Lipinski definition) is 7. The Labute approximate surface area is 203 Å². The molecule has 0 unspecified atom stereocenters. The molecule has 35 heavy (non-hydrogen) atoms. The van der Waals surface area contributed by atoms with Crippen LogP contribution in [0.1, 0.15) is 37.2 Å². The Kier molecular flexibility index (Phi) is 8.19. The van der Waals surface area contributed by atoms with Gasteiger partial charge in [0.05, 0.1) is 25.1 Å². The molecule has 0 aliphatic heterocycles. The molecule has 2 N–H and O–H groups in total. The summed E-state index contributed by atoms with van der Waals surface area (Å²) in [5, 5.41) is 14.6. The fraction of sp³-hybridized carbons (Fsp3) is 0.320. The molecule has 2 aromatic carbocycles. The number of carbonyl (C=O) groups is 2. The third-order valence-electron chi connectivity index (χ3n) is 5.16. The van der Waals surface area contributed by atoms with Crippen LogP contribution in [0.25, 0.3) is 11.4 Å². The van der Waals surface area contributed by atoms with Crippen LogP contribution < -0.4 is 11.0 Å². The highest BCUT2D eigenvalue weighted by Crippen LogP contribution is 2.17. The summed E-state index contributed by atoms with van der Waals surface area (Å²) in [6.07, 6.45) is -0.108. The molecule has 1 heterocycles. The second-order valence-corrected chi connectivity index (χ2v) is 8.32. The molecular formula is C25H29N5O5. The van der Waals surface area contributed by atoms with Crippen molar-refractivity contribution in [3.63, 3.8) is 0 Å². The number of esters is 1. The first-order valence-electron chi connectivity index (χ1n) is 11.2. The molecule has 0 bridgehead atoms. The minimum absolute atomic E-state index is 0.127. The summed E-state index contributed by atoms with van der Waals surface area (Å²) in [6.45, 7) is 6.07. The molecule has 0 aliphatic rings. The Hall–Kier alpha value is -4.21. The quantitative estimate of drug-likeness (QED) is 0.290. The Bertz CT molecular complexity index is 1270. The largest absolute Gasteiger partial charge is 0.465 e. The van der Waals surface area contributed by atoms with E-state index in [0.717, 1.165) is 5.56 Å². The molecule has 0 radical (unpaired) electrons. The maximum absolute atomic E-state index is 13.3. The van der Waals surface area contributed by atoms with Crippen molar-refractivity contribution in [3.8, 4) is 11.4 Å². The van der Waals surface area contributed by atoms with Crippen LogP contribution in [-0.2, 0) is 20.7 Å². The summed E-state index contributed by atoms with van der Waals surface area (Å²) in [5.74, 6) is 0.343. The van der Waals surface area contributed by atoms with Gasteiger partial charge in [-0.15, -0.1) is 5.10 Å². The average molecular weight is 480 g/mol. The number of nitrogens with zero attached hydrogens (tertiary/aromatic N) is 3. The van der Waals surface area contributed by atoms with E-state index in [9.17, 15) is 14.4 Å². The molecule has 1 amide bonds. The van der Waals surface area contributed by atoms with Gasteiger partial charge < -0.3 is 9.47 Å². The summed E-state index contributed by atoms with van der Waals surface area (Å²) in [7, 11) is 1.22. The van der Waals surface area contributed by atoms with Crippen molar-refractivity contribution in [2.24, 2.45) is 5.92 Å². The average Bonchev–Trinajstić information content (AvgIpc) is 3.15. The predicted octanol–water partition coefficient (Wildman–Crippen LogP) is 3.14. The van der Waals surface area contributed by atoms with E-state index < -0.39 is 6.09 Å². The van der Waals surface area contributed by atoms with E-state index in [1.54, 1.807) is 31.2 Å². The lowest BCUT2D eigenvalue weighted by Gasteiger charge is -2.11. The van der Waals surface area contributed by atoms with Crippen molar-refractivity contribution in [1.82, 2.24) is 19.7 Å². The summed E-state index contributed by atoms with van der Waals surface area (Å²) in [5.41, 5.74) is 2.06. The van der Waals surface area contributed by atoms with E-state index in [4.69, 9.17) is 10.1 Å². The molecule has 0 atom stereocenters. The van der Waals surface area contributed by atoms with Crippen LogP contribution in [-0.4, -0.2) is 46.0 Å². The van der Waals surface area contributed by atoms with Gasteiger partial charge in [0.2, 0.25) is 0 Å². The van der Waals surface area contributed by atoms with Crippen molar-refractivity contribution >= 4 is 17.9 Å². The third-order valence-corrected chi connectivity index (χ3v) is 5.16. The fourth-order valence-corrected chi connectivity index (χ4v) is 3.41. The first kappa shape index (κ1) is 25.4. The lowest BCUT2D eigenvalue weighted by Crippen LogP contribution is -2.30. The van der Waals surface area contributed by atoms with Crippen molar-refractivity contribution in [3.05, 3.63) is 76.0 Å². The van der Waals surface area contributed by atoms with Gasteiger partial charge in [0.25, 0.3) is 0 Å². The van der Waals surface area contributed by atoms with Crippen molar-refractivity contribution in [2.75, 3.05) is 13.7 Å². The second kappa shape index (κ2) is 11.3. The number of aromatic nitrogens is 3. The molecule has 0 fully saturated rings. The Balaban J connectivity index is 1.85. The maximum Gasteiger partial charge on any atom is 0.412 e. The van der Waals surface area contributed by atoms with E-state index in [1.165, 1.54) is 16.4 Å². The number of amidine groups is 1. The highest BCUT2D eigenvalue weighted by Gasteiger charge is 2.17. The number of para-hydroxylation sites is 1. The molecule has 0 aliphatic carbocycles. The van der Waals surface area contributed by atoms with Crippen LogP contribution >= 0.6 is 0 Å². The van der Waals surface area contributed by atoms with E-state index in [0.29, 0.717) is 35.8 Å². The van der Waals surface area contributed by atoms with Gasteiger partial charge in [-0.2, -0.15) is 4.68 Å². The number of amides is 1. The Morgan fingerprint density at radius 2 is 1.80 bits per heavy atom. The van der Waals surface area contributed by atoms with Crippen molar-refractivity contribution in [1.29, 1.82) is 5.41 Å². The molecule has 184 valence electrons. The Morgan fingerprint density at radius 3 is 2.46 bits per heavy atom. The zero-order chi connectivity index (χ0) is 25.5. The first-order chi connectivity index (χ1) is 16.7. The van der Waals surface area contributed by atoms with Crippen LogP contribution in [0.5, 0.6) is 0 Å². The highest BCUT2D eigenvalue weighted by atomic mass is 16.5. The van der Waals surface area contributed by atoms with Crippen LogP contribution in [0.15, 0.2) is 53.3 Å². The molecule has 10 nitrogen and oxygen atoms in total. The molecule has 1 aromatic heterocycles. The predicted molar refractivity (Wildman–Crippen MR) is 130 cm³/mol. The molecule has 0 spiro atoms. The van der Waals surface area contributed by atoms with Crippen LogP contribution in [0, 0.1) is 18.3 Å². The number of methoxy groups -OCH3 is 1. The standard InChI is InChI=1S/C25H29N5O5/c1-16(2)15-35-22(31)14-11-18-7-5-6-8-21(18)29-17(3)28-30(25(29)33)20-12-9-19(10-13-20)23(26)27-24(32)34-4/h5-10,12-13,16H,11,14-15H2,1-4H3,(H2,26,27,32). The number of alkyl carbamates (subject to hydrolysis) is 1. The molecular weight excluding hydrogens is 450 g/mol. The lowest BCUT2D eigenvalue weighted by molar-refractivity contribution is -0.144. The van der Waals surface area contributed by atoms with Gasteiger partial charge in [-0.1, -0.05) is 32.0 Å². The third kappa shape index (κ3) is 6.23. The zero-order valence-electron chi connectivity index (χ0n) is 20.2. The minimum Gasteiger partial charge on any atom is -0.465 e. The van der Waals surface area contributed by atoms with Gasteiger partial charge in [-0.25, -0.2) is 14.2 Å². The number of aryl methyl sites for hydroxylation is 2. The van der Waals surface area contributed by atoms with Gasteiger partial charge in [0, 0.05) is 12.0 Å². The van der Waals surface area contributed by atoms with E-state index in [2.05, 4.69) is 15.2 Å². The normalized spacial score (nSPS) is 10.8. The molecule has 0 saturated heterocycles. The van der Waals surface area contributed by atoms with Crippen LogP contribution in [0.3, 0.4) is 0 Å². The van der Waals surface area contributed by atoms with Crippen LogP contribution in [0.4, 0.5) is 4.79 Å². The van der Waals surface area contributed by atoms with Crippen molar-refractivity contribution in [2.45, 2.75) is 33.6 Å². The van der Waals surface area contributed by atoms with E-state index in [-0.39, 0.29) is 29.8 Å². The molecule has 0 saturated carbocycles. The minimum atomic E-state index is -0.739. The fourth-order valence-electron chi connectivity index (χ4n) is 3.41. The topological polar surface area (TPSA) is 128 Å². The smallest absolute Gasteiger partial charge is 0.412 e. The number of nitrogens with one attached hydrogen (secondary N) is 2.